The van der Waals surface area contributed by atoms with E-state index in [2.05, 4.69) is 37.2 Å². The number of amides is 1. The van der Waals surface area contributed by atoms with Crippen LogP contribution in [0.1, 0.15) is 27.0 Å². The second kappa shape index (κ2) is 7.37. The van der Waals surface area contributed by atoms with Gasteiger partial charge in [-0.15, -0.1) is 0 Å². The average Bonchev–Trinajstić information content (AvgIpc) is 3.00. The van der Waals surface area contributed by atoms with Crippen molar-refractivity contribution in [1.29, 1.82) is 0 Å². The number of anilines is 1. The summed E-state index contributed by atoms with van der Waals surface area (Å²) in [5, 5.41) is 12.7. The van der Waals surface area contributed by atoms with Crippen LogP contribution in [0.3, 0.4) is 0 Å². The van der Waals surface area contributed by atoms with Crippen molar-refractivity contribution in [3.05, 3.63) is 91.9 Å². The molecule has 1 aliphatic heterocycles. The van der Waals surface area contributed by atoms with E-state index in [1.807, 2.05) is 18.2 Å². The molecule has 0 aliphatic carbocycles. The van der Waals surface area contributed by atoms with Gasteiger partial charge in [0.15, 0.2) is 5.78 Å². The van der Waals surface area contributed by atoms with Gasteiger partial charge in [0, 0.05) is 28.0 Å². The molecule has 0 radical (unpaired) electrons. The number of hydrogen-bond donors (Lipinski definition) is 2. The lowest BCUT2D eigenvalue weighted by atomic mass is 9.97. The van der Waals surface area contributed by atoms with Crippen LogP contribution >= 0.6 is 31.9 Å². The van der Waals surface area contributed by atoms with Crippen LogP contribution in [0.4, 0.5) is 5.69 Å². The van der Waals surface area contributed by atoms with Gasteiger partial charge in [0.1, 0.15) is 5.75 Å². The minimum absolute atomic E-state index is 0.0918. The molecule has 0 bridgehead atoms. The Morgan fingerprint density at radius 2 is 1.61 bits per heavy atom. The summed E-state index contributed by atoms with van der Waals surface area (Å²) in [6.45, 7) is 0. The number of fused-ring (bicyclic) bond motifs is 1. The highest BCUT2D eigenvalue weighted by Crippen LogP contribution is 2.37. The van der Waals surface area contributed by atoms with Crippen molar-refractivity contribution in [2.75, 3.05) is 5.32 Å². The minimum atomic E-state index is -0.236. The molecule has 3 aromatic rings. The van der Waals surface area contributed by atoms with E-state index in [1.165, 1.54) is 0 Å². The molecule has 0 atom stereocenters. The van der Waals surface area contributed by atoms with E-state index in [9.17, 15) is 14.7 Å². The van der Waals surface area contributed by atoms with Crippen LogP contribution in [-0.2, 0) is 4.79 Å². The van der Waals surface area contributed by atoms with Crippen molar-refractivity contribution in [2.45, 2.75) is 0 Å². The van der Waals surface area contributed by atoms with Gasteiger partial charge in [-0.3, -0.25) is 9.59 Å². The van der Waals surface area contributed by atoms with Gasteiger partial charge in [-0.2, -0.15) is 0 Å². The zero-order valence-corrected chi connectivity index (χ0v) is 17.5. The molecule has 138 valence electrons. The molecule has 0 fully saturated rings. The Morgan fingerprint density at radius 1 is 0.929 bits per heavy atom. The van der Waals surface area contributed by atoms with E-state index in [4.69, 9.17) is 0 Å². The molecule has 2 N–H and O–H groups in total. The number of ketones is 1. The van der Waals surface area contributed by atoms with Crippen LogP contribution in [0.25, 0.3) is 11.6 Å². The molecule has 4 nitrogen and oxygen atoms in total. The third-order valence-corrected chi connectivity index (χ3v) is 5.66. The molecule has 1 heterocycles. The number of halogens is 2. The largest absolute Gasteiger partial charge is 0.506 e. The Kier molecular flexibility index (Phi) is 4.91. The predicted octanol–water partition coefficient (Wildman–Crippen LogP) is 5.64. The van der Waals surface area contributed by atoms with Gasteiger partial charge in [0.05, 0.1) is 8.95 Å². The molecule has 0 saturated heterocycles. The molecule has 28 heavy (non-hydrogen) atoms. The summed E-state index contributed by atoms with van der Waals surface area (Å²) in [5.74, 6) is -0.244. The first-order valence-electron chi connectivity index (χ1n) is 8.39. The summed E-state index contributed by atoms with van der Waals surface area (Å²) in [5.41, 5.74) is 3.64. The first-order valence-corrected chi connectivity index (χ1v) is 9.98. The lowest BCUT2D eigenvalue weighted by Crippen LogP contribution is -2.03. The smallest absolute Gasteiger partial charge is 0.256 e. The first kappa shape index (κ1) is 18.7. The maximum atomic E-state index is 12.8. The number of phenolic OH excluding ortho intramolecular Hbond substituents is 1. The van der Waals surface area contributed by atoms with E-state index in [0.717, 1.165) is 5.56 Å². The molecule has 0 aromatic heterocycles. The second-order valence-electron chi connectivity index (χ2n) is 6.30. The van der Waals surface area contributed by atoms with Crippen molar-refractivity contribution in [2.24, 2.45) is 0 Å². The fourth-order valence-electron chi connectivity index (χ4n) is 3.06. The molecule has 1 aliphatic rings. The number of aromatic hydroxyl groups is 1. The number of hydrogen-bond acceptors (Lipinski definition) is 3. The molecule has 3 aromatic carbocycles. The number of carbonyl (C=O) groups excluding carboxylic acids is 2. The molecular weight excluding hydrogens is 486 g/mol. The van der Waals surface area contributed by atoms with Gasteiger partial charge in [-0.05, 0) is 73.8 Å². The van der Waals surface area contributed by atoms with E-state index >= 15 is 0 Å². The second-order valence-corrected chi connectivity index (χ2v) is 8.01. The predicted molar refractivity (Wildman–Crippen MR) is 116 cm³/mol. The minimum Gasteiger partial charge on any atom is -0.506 e. The topological polar surface area (TPSA) is 66.4 Å². The third kappa shape index (κ3) is 3.41. The first-order chi connectivity index (χ1) is 13.4. The zero-order chi connectivity index (χ0) is 19.8. The van der Waals surface area contributed by atoms with Crippen LogP contribution in [0.2, 0.25) is 0 Å². The van der Waals surface area contributed by atoms with Gasteiger partial charge < -0.3 is 10.4 Å². The fourth-order valence-corrected chi connectivity index (χ4v) is 4.29. The standard InChI is InChI=1S/C22H13Br2NO3/c23-17-9-12(10-18(24)21(17)27)8-16-15-11-14(6-7-19(15)25-22(16)28)20(26)13-4-2-1-3-5-13/h1-11,27H,(H,25,28). The molecule has 6 heteroatoms. The van der Waals surface area contributed by atoms with Crippen molar-refractivity contribution in [1.82, 2.24) is 0 Å². The number of phenols is 1. The van der Waals surface area contributed by atoms with E-state index < -0.39 is 0 Å². The Hall–Kier alpha value is -2.70. The molecule has 0 spiro atoms. The van der Waals surface area contributed by atoms with Gasteiger partial charge in [-0.1, -0.05) is 30.3 Å². The van der Waals surface area contributed by atoms with Crippen LogP contribution in [0, 0.1) is 0 Å². The van der Waals surface area contributed by atoms with Crippen LogP contribution in [0.15, 0.2) is 69.6 Å². The van der Waals surface area contributed by atoms with Gasteiger partial charge in [0.25, 0.3) is 5.91 Å². The highest BCUT2D eigenvalue weighted by molar-refractivity contribution is 9.11. The average molecular weight is 499 g/mol. The summed E-state index contributed by atoms with van der Waals surface area (Å²) in [6.07, 6.45) is 1.73. The monoisotopic (exact) mass is 497 g/mol. The van der Waals surface area contributed by atoms with Crippen LogP contribution < -0.4 is 5.32 Å². The van der Waals surface area contributed by atoms with E-state index in [-0.39, 0.29) is 17.4 Å². The fraction of sp³-hybridized carbons (Fsp3) is 0. The summed E-state index contributed by atoms with van der Waals surface area (Å²) in [6, 6.07) is 17.7. The van der Waals surface area contributed by atoms with Crippen molar-refractivity contribution >= 4 is 60.9 Å². The summed E-state index contributed by atoms with van der Waals surface area (Å²) < 4.78 is 1.03. The van der Waals surface area contributed by atoms with Gasteiger partial charge in [0.2, 0.25) is 0 Å². The SMILES string of the molecule is O=C1Nc2ccc(C(=O)c3ccccc3)cc2C1=Cc1cc(Br)c(O)c(Br)c1. The highest BCUT2D eigenvalue weighted by atomic mass is 79.9. The third-order valence-electron chi connectivity index (χ3n) is 4.45. The zero-order valence-electron chi connectivity index (χ0n) is 14.4. The van der Waals surface area contributed by atoms with Crippen molar-refractivity contribution in [3.63, 3.8) is 0 Å². The van der Waals surface area contributed by atoms with Gasteiger partial charge >= 0.3 is 0 Å². The van der Waals surface area contributed by atoms with E-state index in [0.29, 0.717) is 36.9 Å². The molecule has 0 saturated carbocycles. The Labute approximate surface area is 178 Å². The van der Waals surface area contributed by atoms with Crippen LogP contribution in [0.5, 0.6) is 5.75 Å². The number of carbonyl (C=O) groups is 2. The lowest BCUT2D eigenvalue weighted by molar-refractivity contribution is -0.110. The van der Waals surface area contributed by atoms with Crippen LogP contribution in [-0.4, -0.2) is 16.8 Å². The molecule has 0 unspecified atom stereocenters. The summed E-state index contributed by atoms with van der Waals surface area (Å²) in [4.78, 5) is 25.2. The number of nitrogens with one attached hydrogen (secondary N) is 1. The molecule has 4 rings (SSSR count). The Morgan fingerprint density at radius 3 is 2.29 bits per heavy atom. The lowest BCUT2D eigenvalue weighted by Gasteiger charge is -2.06. The highest BCUT2D eigenvalue weighted by Gasteiger charge is 2.25. The normalized spacial score (nSPS) is 14.1. The maximum Gasteiger partial charge on any atom is 0.256 e. The van der Waals surface area contributed by atoms with Crippen molar-refractivity contribution in [3.8, 4) is 5.75 Å². The number of rotatable bonds is 3. The Bertz CT molecular complexity index is 1130. The molecular formula is C22H13Br2NO3. The molecule has 1 amide bonds. The Balaban J connectivity index is 1.77. The van der Waals surface area contributed by atoms with Gasteiger partial charge in [-0.25, -0.2) is 0 Å². The quantitative estimate of drug-likeness (QED) is 0.362. The summed E-state index contributed by atoms with van der Waals surface area (Å²) >= 11 is 6.59. The maximum absolute atomic E-state index is 12.8. The summed E-state index contributed by atoms with van der Waals surface area (Å²) in [7, 11) is 0. The van der Waals surface area contributed by atoms with E-state index in [1.54, 1.807) is 48.5 Å². The van der Waals surface area contributed by atoms with Crippen molar-refractivity contribution < 1.29 is 14.7 Å². The number of benzene rings is 3.